The van der Waals surface area contributed by atoms with Crippen molar-refractivity contribution in [3.8, 4) is 0 Å². The van der Waals surface area contributed by atoms with Crippen molar-refractivity contribution < 1.29 is 19.1 Å². The molecule has 104 valence electrons. The molecule has 0 aliphatic rings. The molecular weight excluding hydrogens is 282 g/mol. The van der Waals surface area contributed by atoms with E-state index >= 15 is 0 Å². The minimum absolute atomic E-state index is 0.0342. The second-order valence-electron chi connectivity index (χ2n) is 4.24. The molecule has 0 aliphatic heterocycles. The molecule has 6 heteroatoms. The van der Waals surface area contributed by atoms with Crippen molar-refractivity contribution in [2.45, 2.75) is 13.5 Å². The average molecular weight is 294 g/mol. The van der Waals surface area contributed by atoms with Gasteiger partial charge in [-0.3, -0.25) is 4.79 Å². The molecule has 1 aromatic heterocycles. The Morgan fingerprint density at radius 3 is 2.55 bits per heavy atom. The van der Waals surface area contributed by atoms with Crippen molar-refractivity contribution in [3.05, 3.63) is 58.0 Å². The molecule has 20 heavy (non-hydrogen) atoms. The molecule has 0 fully saturated rings. The van der Waals surface area contributed by atoms with Crippen LogP contribution in [0.5, 0.6) is 0 Å². The lowest BCUT2D eigenvalue weighted by molar-refractivity contribution is 0.0659. The zero-order chi connectivity index (χ0) is 14.7. The van der Waals surface area contributed by atoms with Gasteiger partial charge in [0.15, 0.2) is 5.76 Å². The lowest BCUT2D eigenvalue weighted by Gasteiger charge is -2.05. The van der Waals surface area contributed by atoms with Gasteiger partial charge in [-0.15, -0.1) is 0 Å². The number of aryl methyl sites for hydroxylation is 1. The van der Waals surface area contributed by atoms with Crippen LogP contribution in [0.25, 0.3) is 0 Å². The van der Waals surface area contributed by atoms with Gasteiger partial charge in [-0.05, 0) is 36.2 Å². The maximum absolute atomic E-state index is 11.8. The number of furan rings is 1. The van der Waals surface area contributed by atoms with Crippen molar-refractivity contribution in [2.75, 3.05) is 0 Å². The summed E-state index contributed by atoms with van der Waals surface area (Å²) < 4.78 is 4.91. The fraction of sp³-hybridized carbons (Fsp3) is 0.143. The summed E-state index contributed by atoms with van der Waals surface area (Å²) in [5.41, 5.74) is 1.81. The van der Waals surface area contributed by atoms with Crippen molar-refractivity contribution in [1.29, 1.82) is 0 Å². The Balaban J connectivity index is 2.00. The quantitative estimate of drug-likeness (QED) is 0.908. The first-order valence-corrected chi connectivity index (χ1v) is 6.21. The maximum atomic E-state index is 11.8. The van der Waals surface area contributed by atoms with Gasteiger partial charge >= 0.3 is 5.97 Å². The Kier molecular flexibility index (Phi) is 4.10. The van der Waals surface area contributed by atoms with E-state index in [4.69, 9.17) is 21.1 Å². The molecule has 5 nitrogen and oxygen atoms in total. The molecule has 1 heterocycles. The summed E-state index contributed by atoms with van der Waals surface area (Å²) in [7, 11) is 0. The van der Waals surface area contributed by atoms with Gasteiger partial charge in [-0.2, -0.15) is 0 Å². The van der Waals surface area contributed by atoms with Gasteiger partial charge in [-0.25, -0.2) is 4.79 Å². The third-order valence-corrected chi connectivity index (χ3v) is 3.14. The van der Waals surface area contributed by atoms with E-state index in [0.29, 0.717) is 11.6 Å². The molecule has 1 amide bonds. The highest BCUT2D eigenvalue weighted by molar-refractivity contribution is 6.31. The van der Waals surface area contributed by atoms with Crippen molar-refractivity contribution in [2.24, 2.45) is 0 Å². The van der Waals surface area contributed by atoms with E-state index < -0.39 is 11.9 Å². The van der Waals surface area contributed by atoms with Crippen LogP contribution >= 0.6 is 11.6 Å². The van der Waals surface area contributed by atoms with Gasteiger partial charge < -0.3 is 14.8 Å². The number of hydrogen-bond donors (Lipinski definition) is 2. The molecule has 0 bridgehead atoms. The number of benzene rings is 1. The Morgan fingerprint density at radius 2 is 1.95 bits per heavy atom. The molecule has 0 atom stereocenters. The number of aromatic carboxylic acids is 1. The molecule has 2 N–H and O–H groups in total. The van der Waals surface area contributed by atoms with Crippen LogP contribution in [-0.4, -0.2) is 17.0 Å². The fourth-order valence-corrected chi connectivity index (χ4v) is 1.78. The Labute approximate surface area is 120 Å². The van der Waals surface area contributed by atoms with Crippen molar-refractivity contribution in [3.63, 3.8) is 0 Å². The number of rotatable bonds is 4. The second kappa shape index (κ2) is 5.79. The third kappa shape index (κ3) is 3.19. The molecule has 0 saturated carbocycles. The SMILES string of the molecule is Cc1cc(CNC(=O)c2ccc(C(=O)O)o2)ccc1Cl. The first-order chi connectivity index (χ1) is 9.47. The standard InChI is InChI=1S/C14H12ClNO4/c1-8-6-9(2-3-10(8)15)7-16-13(17)11-4-5-12(20-11)14(18)19/h2-6H,7H2,1H3,(H,16,17)(H,18,19). The molecule has 2 rings (SSSR count). The second-order valence-corrected chi connectivity index (χ2v) is 4.64. The largest absolute Gasteiger partial charge is 0.475 e. The van der Waals surface area contributed by atoms with Gasteiger partial charge in [0.1, 0.15) is 0 Å². The summed E-state index contributed by atoms with van der Waals surface area (Å²) in [6, 6.07) is 8.00. The summed E-state index contributed by atoms with van der Waals surface area (Å²) in [4.78, 5) is 22.4. The minimum atomic E-state index is -1.21. The van der Waals surface area contributed by atoms with Crippen LogP contribution in [0, 0.1) is 6.92 Å². The molecule has 0 unspecified atom stereocenters. The summed E-state index contributed by atoms with van der Waals surface area (Å²) in [6.45, 7) is 2.18. The normalized spacial score (nSPS) is 10.3. The van der Waals surface area contributed by atoms with E-state index in [2.05, 4.69) is 5.32 Å². The smallest absolute Gasteiger partial charge is 0.371 e. The van der Waals surface area contributed by atoms with E-state index in [1.54, 1.807) is 12.1 Å². The lowest BCUT2D eigenvalue weighted by Crippen LogP contribution is -2.22. The van der Waals surface area contributed by atoms with Crippen molar-refractivity contribution >= 4 is 23.5 Å². The first kappa shape index (κ1) is 14.1. The van der Waals surface area contributed by atoms with Crippen LogP contribution in [0.3, 0.4) is 0 Å². The number of carbonyl (C=O) groups excluding carboxylic acids is 1. The maximum Gasteiger partial charge on any atom is 0.371 e. The Hall–Kier alpha value is -2.27. The summed E-state index contributed by atoms with van der Waals surface area (Å²) in [5, 5.41) is 12.0. The lowest BCUT2D eigenvalue weighted by atomic mass is 10.1. The third-order valence-electron chi connectivity index (χ3n) is 2.72. The zero-order valence-corrected chi connectivity index (χ0v) is 11.4. The summed E-state index contributed by atoms with van der Waals surface area (Å²) in [6.07, 6.45) is 0. The molecule has 1 aromatic carbocycles. The molecule has 0 aliphatic carbocycles. The molecular formula is C14H12ClNO4. The van der Waals surface area contributed by atoms with E-state index in [-0.39, 0.29) is 11.5 Å². The van der Waals surface area contributed by atoms with Crippen LogP contribution in [0.1, 0.15) is 32.2 Å². The van der Waals surface area contributed by atoms with Crippen LogP contribution in [0.2, 0.25) is 5.02 Å². The van der Waals surface area contributed by atoms with Gasteiger partial charge in [0.25, 0.3) is 5.91 Å². The number of halogens is 1. The summed E-state index contributed by atoms with van der Waals surface area (Å²) >= 11 is 5.91. The molecule has 2 aromatic rings. The van der Waals surface area contributed by atoms with E-state index in [9.17, 15) is 9.59 Å². The van der Waals surface area contributed by atoms with Gasteiger partial charge in [-0.1, -0.05) is 23.7 Å². The van der Waals surface area contributed by atoms with E-state index in [1.165, 1.54) is 12.1 Å². The minimum Gasteiger partial charge on any atom is -0.475 e. The topological polar surface area (TPSA) is 79.5 Å². The van der Waals surface area contributed by atoms with Crippen LogP contribution in [0.4, 0.5) is 0 Å². The van der Waals surface area contributed by atoms with Gasteiger partial charge in [0.2, 0.25) is 5.76 Å². The number of carboxylic acids is 1. The number of hydrogen-bond acceptors (Lipinski definition) is 3. The summed E-state index contributed by atoms with van der Waals surface area (Å²) in [5.74, 6) is -1.98. The predicted octanol–water partition coefficient (Wildman–Crippen LogP) is 2.87. The first-order valence-electron chi connectivity index (χ1n) is 5.83. The van der Waals surface area contributed by atoms with Crippen molar-refractivity contribution in [1.82, 2.24) is 5.32 Å². The highest BCUT2D eigenvalue weighted by Gasteiger charge is 2.14. The monoisotopic (exact) mass is 293 g/mol. The molecule has 0 radical (unpaired) electrons. The predicted molar refractivity (Wildman–Crippen MR) is 73.0 cm³/mol. The van der Waals surface area contributed by atoms with Crippen LogP contribution in [-0.2, 0) is 6.54 Å². The Morgan fingerprint density at radius 1 is 1.25 bits per heavy atom. The zero-order valence-electron chi connectivity index (χ0n) is 10.6. The van der Waals surface area contributed by atoms with Crippen LogP contribution < -0.4 is 5.32 Å². The highest BCUT2D eigenvalue weighted by Crippen LogP contribution is 2.16. The number of amides is 1. The van der Waals surface area contributed by atoms with Gasteiger partial charge in [0, 0.05) is 11.6 Å². The number of nitrogens with one attached hydrogen (secondary N) is 1. The number of carboxylic acid groups (broad SMARTS) is 1. The number of carbonyl (C=O) groups is 2. The molecule has 0 spiro atoms. The highest BCUT2D eigenvalue weighted by atomic mass is 35.5. The average Bonchev–Trinajstić information content (AvgIpc) is 2.89. The van der Waals surface area contributed by atoms with E-state index in [0.717, 1.165) is 11.1 Å². The van der Waals surface area contributed by atoms with Gasteiger partial charge in [0.05, 0.1) is 0 Å². The Bertz CT molecular complexity index is 663. The van der Waals surface area contributed by atoms with E-state index in [1.807, 2.05) is 13.0 Å². The molecule has 0 saturated heterocycles. The fourth-order valence-electron chi connectivity index (χ4n) is 1.66. The van der Waals surface area contributed by atoms with Crippen LogP contribution in [0.15, 0.2) is 34.7 Å².